The maximum absolute atomic E-state index is 13.2. The minimum Gasteiger partial charge on any atom is -0.451 e. The molecule has 33 heavy (non-hydrogen) atoms. The molecule has 1 saturated heterocycles. The van der Waals surface area contributed by atoms with Gasteiger partial charge in [0, 0.05) is 44.2 Å². The van der Waals surface area contributed by atoms with Crippen LogP contribution in [0.4, 0.5) is 0 Å². The van der Waals surface area contributed by atoms with E-state index >= 15 is 0 Å². The molecule has 1 aromatic heterocycles. The predicted octanol–water partition coefficient (Wildman–Crippen LogP) is 3.88. The summed E-state index contributed by atoms with van der Waals surface area (Å²) in [5.74, 6) is 0.00453. The fraction of sp³-hybridized carbons (Fsp3) is 0.240. The molecule has 8 heteroatoms. The Morgan fingerprint density at radius 1 is 0.939 bits per heavy atom. The van der Waals surface area contributed by atoms with Gasteiger partial charge in [-0.1, -0.05) is 48.5 Å². The third-order valence-corrected chi connectivity index (χ3v) is 7.96. The third-order valence-electron chi connectivity index (χ3n) is 6.07. The standard InChI is InChI=1S/C25H24N2O5S/c1-31-17-22-21-8-4-5-9-23(21)32-24(22)25(28)26-12-14-27(15-13-26)33(29,30)20-11-10-18-6-2-3-7-19(18)16-20/h2-11,16H,12-15,17H2,1H3. The minimum atomic E-state index is -3.65. The Morgan fingerprint density at radius 3 is 2.39 bits per heavy atom. The molecular formula is C25H24N2O5S. The van der Waals surface area contributed by atoms with Gasteiger partial charge in [0.1, 0.15) is 5.58 Å². The average molecular weight is 465 g/mol. The smallest absolute Gasteiger partial charge is 0.290 e. The largest absolute Gasteiger partial charge is 0.451 e. The SMILES string of the molecule is COCc1c(C(=O)N2CCN(S(=O)(=O)c3ccc4ccccc4c3)CC2)oc2ccccc12. The molecule has 3 aromatic carbocycles. The number of para-hydroxylation sites is 1. The van der Waals surface area contributed by atoms with E-state index < -0.39 is 10.0 Å². The molecule has 1 amide bonds. The quantitative estimate of drug-likeness (QED) is 0.448. The molecule has 7 nitrogen and oxygen atoms in total. The van der Waals surface area contributed by atoms with E-state index in [1.165, 1.54) is 4.31 Å². The zero-order valence-corrected chi connectivity index (χ0v) is 19.0. The number of rotatable bonds is 5. The Hall–Kier alpha value is -3.20. The number of hydrogen-bond acceptors (Lipinski definition) is 5. The van der Waals surface area contributed by atoms with Crippen LogP contribution in [-0.4, -0.2) is 56.8 Å². The van der Waals surface area contributed by atoms with Gasteiger partial charge in [-0.05, 0) is 29.0 Å². The number of methoxy groups -OCH3 is 1. The van der Waals surface area contributed by atoms with Crippen LogP contribution in [-0.2, 0) is 21.4 Å². The van der Waals surface area contributed by atoms with Crippen molar-refractivity contribution in [3.63, 3.8) is 0 Å². The van der Waals surface area contributed by atoms with Crippen molar-refractivity contribution in [1.82, 2.24) is 9.21 Å². The second-order valence-corrected chi connectivity index (χ2v) is 9.98. The second kappa shape index (κ2) is 8.62. The first-order valence-corrected chi connectivity index (χ1v) is 12.2. The van der Waals surface area contributed by atoms with Crippen LogP contribution in [0, 0.1) is 0 Å². The van der Waals surface area contributed by atoms with E-state index in [0.717, 1.165) is 16.2 Å². The number of ether oxygens (including phenoxy) is 1. The number of nitrogens with zero attached hydrogens (tertiary/aromatic N) is 2. The van der Waals surface area contributed by atoms with E-state index in [2.05, 4.69) is 0 Å². The van der Waals surface area contributed by atoms with Crippen LogP contribution in [0.1, 0.15) is 16.1 Å². The van der Waals surface area contributed by atoms with Crippen LogP contribution in [0.3, 0.4) is 0 Å². The van der Waals surface area contributed by atoms with Gasteiger partial charge >= 0.3 is 0 Å². The van der Waals surface area contributed by atoms with E-state index in [1.54, 1.807) is 24.1 Å². The maximum atomic E-state index is 13.2. The molecule has 5 rings (SSSR count). The molecule has 2 heterocycles. The van der Waals surface area contributed by atoms with Crippen molar-refractivity contribution in [2.75, 3.05) is 33.3 Å². The zero-order chi connectivity index (χ0) is 23.0. The second-order valence-electron chi connectivity index (χ2n) is 8.04. The summed E-state index contributed by atoms with van der Waals surface area (Å²) in [6.07, 6.45) is 0. The van der Waals surface area contributed by atoms with Crippen LogP contribution < -0.4 is 0 Å². The van der Waals surface area contributed by atoms with Gasteiger partial charge in [0.15, 0.2) is 5.76 Å². The van der Waals surface area contributed by atoms with Crippen molar-refractivity contribution in [3.05, 3.63) is 78.1 Å². The highest BCUT2D eigenvalue weighted by molar-refractivity contribution is 7.89. The van der Waals surface area contributed by atoms with E-state index in [-0.39, 0.29) is 49.3 Å². The summed E-state index contributed by atoms with van der Waals surface area (Å²) in [7, 11) is -2.08. The monoisotopic (exact) mass is 464 g/mol. The van der Waals surface area contributed by atoms with Gasteiger partial charge in [0.05, 0.1) is 11.5 Å². The first-order chi connectivity index (χ1) is 16.0. The molecule has 0 atom stereocenters. The van der Waals surface area contributed by atoms with Gasteiger partial charge in [0.25, 0.3) is 5.91 Å². The van der Waals surface area contributed by atoms with Crippen molar-refractivity contribution < 1.29 is 22.4 Å². The number of amides is 1. The number of benzene rings is 3. The van der Waals surface area contributed by atoms with Crippen molar-refractivity contribution in [2.45, 2.75) is 11.5 Å². The molecule has 1 aliphatic rings. The first kappa shape index (κ1) is 21.6. The predicted molar refractivity (Wildman–Crippen MR) is 126 cm³/mol. The van der Waals surface area contributed by atoms with Crippen LogP contribution >= 0.6 is 0 Å². The third kappa shape index (κ3) is 3.90. The van der Waals surface area contributed by atoms with Gasteiger partial charge in [0.2, 0.25) is 10.0 Å². The van der Waals surface area contributed by atoms with Crippen molar-refractivity contribution in [1.29, 1.82) is 0 Å². The fourth-order valence-corrected chi connectivity index (χ4v) is 5.77. The lowest BCUT2D eigenvalue weighted by molar-refractivity contribution is 0.0662. The van der Waals surface area contributed by atoms with Crippen molar-refractivity contribution in [3.8, 4) is 0 Å². The van der Waals surface area contributed by atoms with Gasteiger partial charge in [-0.2, -0.15) is 4.31 Å². The summed E-state index contributed by atoms with van der Waals surface area (Å²) in [4.78, 5) is 15.2. The van der Waals surface area contributed by atoms with E-state index in [4.69, 9.17) is 9.15 Å². The number of sulfonamides is 1. The summed E-state index contributed by atoms with van der Waals surface area (Å²) in [6.45, 7) is 1.28. The molecule has 0 unspecified atom stereocenters. The number of carbonyl (C=O) groups excluding carboxylic acids is 1. The number of furan rings is 1. The molecule has 170 valence electrons. The lowest BCUT2D eigenvalue weighted by Gasteiger charge is -2.33. The van der Waals surface area contributed by atoms with Gasteiger partial charge < -0.3 is 14.1 Å². The molecule has 1 aliphatic heterocycles. The van der Waals surface area contributed by atoms with E-state index in [9.17, 15) is 13.2 Å². The Bertz CT molecular complexity index is 1440. The highest BCUT2D eigenvalue weighted by Crippen LogP contribution is 2.28. The fourth-order valence-electron chi connectivity index (χ4n) is 4.31. The summed E-state index contributed by atoms with van der Waals surface area (Å²) >= 11 is 0. The highest BCUT2D eigenvalue weighted by atomic mass is 32.2. The van der Waals surface area contributed by atoms with E-state index in [1.807, 2.05) is 54.6 Å². The maximum Gasteiger partial charge on any atom is 0.290 e. The van der Waals surface area contributed by atoms with Crippen LogP contribution in [0.5, 0.6) is 0 Å². The summed E-state index contributed by atoms with van der Waals surface area (Å²) in [5.41, 5.74) is 1.34. The van der Waals surface area contributed by atoms with Crippen LogP contribution in [0.2, 0.25) is 0 Å². The summed E-state index contributed by atoms with van der Waals surface area (Å²) < 4.78 is 39.0. The number of fused-ring (bicyclic) bond motifs is 2. The molecule has 0 radical (unpaired) electrons. The molecule has 0 bridgehead atoms. The Morgan fingerprint density at radius 2 is 1.64 bits per heavy atom. The van der Waals surface area contributed by atoms with Gasteiger partial charge in [-0.3, -0.25) is 4.79 Å². The number of carbonyl (C=O) groups is 1. The molecule has 0 N–H and O–H groups in total. The Balaban J connectivity index is 1.35. The summed E-state index contributed by atoms with van der Waals surface area (Å²) in [5, 5.41) is 2.72. The molecule has 0 saturated carbocycles. The van der Waals surface area contributed by atoms with Crippen molar-refractivity contribution in [2.24, 2.45) is 0 Å². The van der Waals surface area contributed by atoms with Crippen LogP contribution in [0.25, 0.3) is 21.7 Å². The van der Waals surface area contributed by atoms with Crippen LogP contribution in [0.15, 0.2) is 76.0 Å². The lowest BCUT2D eigenvalue weighted by atomic mass is 10.1. The van der Waals surface area contributed by atoms with Gasteiger partial charge in [-0.15, -0.1) is 0 Å². The van der Waals surface area contributed by atoms with Gasteiger partial charge in [-0.25, -0.2) is 8.42 Å². The average Bonchev–Trinajstić information content (AvgIpc) is 3.22. The number of piperazine rings is 1. The molecular weight excluding hydrogens is 440 g/mol. The molecule has 1 fully saturated rings. The van der Waals surface area contributed by atoms with Crippen molar-refractivity contribution >= 4 is 37.7 Å². The lowest BCUT2D eigenvalue weighted by Crippen LogP contribution is -2.50. The Kier molecular flexibility index (Phi) is 5.65. The zero-order valence-electron chi connectivity index (χ0n) is 18.2. The molecule has 0 aliphatic carbocycles. The number of hydrogen-bond donors (Lipinski definition) is 0. The van der Waals surface area contributed by atoms with E-state index in [0.29, 0.717) is 11.1 Å². The minimum absolute atomic E-state index is 0.223. The molecule has 0 spiro atoms. The first-order valence-electron chi connectivity index (χ1n) is 10.8. The summed E-state index contributed by atoms with van der Waals surface area (Å²) in [6, 6.07) is 20.3. The normalized spacial score (nSPS) is 15.4. The Labute approximate surface area is 192 Å². The molecule has 4 aromatic rings. The highest BCUT2D eigenvalue weighted by Gasteiger charge is 2.32. The topological polar surface area (TPSA) is 80.1 Å².